The molecule has 5 nitrogen and oxygen atoms in total. The highest BCUT2D eigenvalue weighted by Gasteiger charge is 2.24. The summed E-state index contributed by atoms with van der Waals surface area (Å²) in [5.41, 5.74) is 3.23. The molecule has 0 bridgehead atoms. The van der Waals surface area contributed by atoms with Gasteiger partial charge >= 0.3 is 0 Å². The van der Waals surface area contributed by atoms with Gasteiger partial charge < -0.3 is 19.3 Å². The van der Waals surface area contributed by atoms with E-state index in [2.05, 4.69) is 12.1 Å². The average molecular weight is 370 g/mol. The first-order chi connectivity index (χ1) is 13.1. The highest BCUT2D eigenvalue weighted by Crippen LogP contribution is 2.19. The van der Waals surface area contributed by atoms with E-state index in [-0.39, 0.29) is 5.78 Å². The Hall–Kier alpha value is -2.37. The Morgan fingerprint density at radius 3 is 2.07 bits per heavy atom. The molecular weight excluding hydrogens is 340 g/mol. The molecule has 1 fully saturated rings. The molecule has 0 spiro atoms. The fraction of sp³-hybridized carbons (Fsp3) is 0.409. The molecule has 144 valence electrons. The van der Waals surface area contributed by atoms with Gasteiger partial charge in [0.2, 0.25) is 0 Å². The Balaban J connectivity index is 1.56. The summed E-state index contributed by atoms with van der Waals surface area (Å²) < 4.78 is 10.7. The molecule has 27 heavy (non-hydrogen) atoms. The Bertz CT molecular complexity index is 766. The number of ether oxygens (including phenoxy) is 2. The average Bonchev–Trinajstić information content (AvgIpc) is 2.70. The number of carbonyl (C=O) groups is 1. The van der Waals surface area contributed by atoms with Crippen LogP contribution in [0.15, 0.2) is 42.5 Å². The predicted octanol–water partition coefficient (Wildman–Crippen LogP) is 0.390. The first-order valence-corrected chi connectivity index (χ1v) is 9.57. The molecule has 2 aromatic rings. The van der Waals surface area contributed by atoms with Crippen LogP contribution in [0.2, 0.25) is 0 Å². The van der Waals surface area contributed by atoms with Crippen LogP contribution in [0, 0.1) is 0 Å². The maximum atomic E-state index is 11.7. The zero-order valence-electron chi connectivity index (χ0n) is 16.5. The van der Waals surface area contributed by atoms with Crippen molar-refractivity contribution in [3.05, 3.63) is 59.2 Å². The van der Waals surface area contributed by atoms with Gasteiger partial charge in [-0.25, -0.2) is 0 Å². The van der Waals surface area contributed by atoms with Crippen molar-refractivity contribution in [1.29, 1.82) is 0 Å². The topological polar surface area (TPSA) is 44.4 Å². The highest BCUT2D eigenvalue weighted by atomic mass is 16.5. The van der Waals surface area contributed by atoms with E-state index in [4.69, 9.17) is 9.47 Å². The van der Waals surface area contributed by atoms with Gasteiger partial charge in [-0.2, -0.15) is 0 Å². The molecule has 0 aliphatic carbocycles. The van der Waals surface area contributed by atoms with Crippen LogP contribution in [0.1, 0.15) is 28.4 Å². The summed E-state index contributed by atoms with van der Waals surface area (Å²) in [4.78, 5) is 14.9. The van der Waals surface area contributed by atoms with Crippen molar-refractivity contribution < 1.29 is 24.1 Å². The number of nitrogens with one attached hydrogen (secondary N) is 2. The van der Waals surface area contributed by atoms with E-state index in [9.17, 15) is 4.79 Å². The summed E-state index contributed by atoms with van der Waals surface area (Å²) in [6.07, 6.45) is 0. The third kappa shape index (κ3) is 5.08. The van der Waals surface area contributed by atoms with Gasteiger partial charge in [0.05, 0.1) is 14.2 Å². The maximum Gasteiger partial charge on any atom is 0.159 e. The Morgan fingerprint density at radius 2 is 1.52 bits per heavy atom. The minimum absolute atomic E-state index is 0.0997. The number of hydrogen-bond acceptors (Lipinski definition) is 3. The summed E-state index contributed by atoms with van der Waals surface area (Å²) in [5, 5.41) is 0. The fourth-order valence-electron chi connectivity index (χ4n) is 3.75. The third-order valence-corrected chi connectivity index (χ3v) is 5.40. The van der Waals surface area contributed by atoms with Crippen LogP contribution in [0.25, 0.3) is 0 Å². The zero-order chi connectivity index (χ0) is 19.2. The molecule has 0 aromatic heterocycles. The van der Waals surface area contributed by atoms with Gasteiger partial charge in [-0.1, -0.05) is 0 Å². The molecule has 0 saturated carbocycles. The number of methoxy groups -OCH3 is 2. The highest BCUT2D eigenvalue weighted by molar-refractivity contribution is 5.94. The lowest BCUT2D eigenvalue weighted by atomic mass is 10.1. The molecule has 0 atom stereocenters. The number of piperazine rings is 1. The first kappa shape index (κ1) is 19.4. The predicted molar refractivity (Wildman–Crippen MR) is 105 cm³/mol. The molecule has 0 radical (unpaired) electrons. The molecule has 5 heteroatoms. The zero-order valence-corrected chi connectivity index (χ0v) is 16.5. The lowest BCUT2D eigenvalue weighted by molar-refractivity contribution is -1.02. The second-order valence-corrected chi connectivity index (χ2v) is 7.28. The molecule has 0 unspecified atom stereocenters. The number of ketones is 1. The summed E-state index contributed by atoms with van der Waals surface area (Å²) in [5.74, 6) is 1.88. The van der Waals surface area contributed by atoms with Gasteiger partial charge in [0.25, 0.3) is 0 Å². The van der Waals surface area contributed by atoms with Crippen LogP contribution >= 0.6 is 0 Å². The second kappa shape index (κ2) is 9.02. The minimum Gasteiger partial charge on any atom is -0.497 e. The Kier molecular flexibility index (Phi) is 6.48. The van der Waals surface area contributed by atoms with E-state index in [0.717, 1.165) is 61.9 Å². The van der Waals surface area contributed by atoms with Crippen LogP contribution in [-0.2, 0) is 13.1 Å². The summed E-state index contributed by atoms with van der Waals surface area (Å²) >= 11 is 0. The second-order valence-electron chi connectivity index (χ2n) is 7.28. The van der Waals surface area contributed by atoms with Crippen LogP contribution in [-0.4, -0.2) is 46.2 Å². The molecule has 1 heterocycles. The van der Waals surface area contributed by atoms with E-state index in [1.165, 1.54) is 5.56 Å². The molecule has 2 aromatic carbocycles. The lowest BCUT2D eigenvalue weighted by Crippen LogP contribution is -3.27. The largest absolute Gasteiger partial charge is 0.497 e. The molecule has 1 aliphatic heterocycles. The van der Waals surface area contributed by atoms with E-state index >= 15 is 0 Å². The molecule has 0 amide bonds. The van der Waals surface area contributed by atoms with Crippen molar-refractivity contribution in [3.63, 3.8) is 0 Å². The Labute approximate surface area is 161 Å². The van der Waals surface area contributed by atoms with Gasteiger partial charge in [-0.3, -0.25) is 4.79 Å². The van der Waals surface area contributed by atoms with Crippen molar-refractivity contribution in [1.82, 2.24) is 0 Å². The number of hydrogen-bond donors (Lipinski definition) is 2. The summed E-state index contributed by atoms with van der Waals surface area (Å²) in [6.45, 7) is 8.12. The fourth-order valence-corrected chi connectivity index (χ4v) is 3.75. The number of quaternary nitrogens is 2. The van der Waals surface area contributed by atoms with Crippen molar-refractivity contribution in [2.75, 3.05) is 40.4 Å². The normalized spacial score (nSPS) is 19.5. The molecule has 1 saturated heterocycles. The van der Waals surface area contributed by atoms with Gasteiger partial charge in [0.15, 0.2) is 5.78 Å². The number of benzene rings is 2. The third-order valence-electron chi connectivity index (χ3n) is 5.40. The maximum absolute atomic E-state index is 11.7. The molecule has 1 aliphatic rings. The monoisotopic (exact) mass is 370 g/mol. The lowest BCUT2D eigenvalue weighted by Gasteiger charge is -2.30. The van der Waals surface area contributed by atoms with Crippen LogP contribution in [0.3, 0.4) is 0 Å². The van der Waals surface area contributed by atoms with Gasteiger partial charge in [0, 0.05) is 16.7 Å². The van der Waals surface area contributed by atoms with Crippen molar-refractivity contribution in [3.8, 4) is 11.5 Å². The van der Waals surface area contributed by atoms with E-state index in [1.54, 1.807) is 30.9 Å². The standard InChI is InChI=1S/C22H28N2O3/c1-17(25)19-6-9-22(27-3)20(14-19)16-24-12-10-23(11-13-24)15-18-4-7-21(26-2)8-5-18/h4-9,14H,10-13,15-16H2,1-3H3/p+2. The van der Waals surface area contributed by atoms with Gasteiger partial charge in [0.1, 0.15) is 50.8 Å². The van der Waals surface area contributed by atoms with E-state index in [1.807, 2.05) is 30.3 Å². The van der Waals surface area contributed by atoms with Crippen LogP contribution in [0.4, 0.5) is 0 Å². The van der Waals surface area contributed by atoms with Crippen molar-refractivity contribution >= 4 is 5.78 Å². The summed E-state index contributed by atoms with van der Waals surface area (Å²) in [6, 6.07) is 14.1. The number of rotatable bonds is 7. The quantitative estimate of drug-likeness (QED) is 0.693. The number of Topliss-reactive ketones (excluding diaryl/α,β-unsaturated/α-hetero) is 1. The minimum atomic E-state index is 0.0997. The van der Waals surface area contributed by atoms with E-state index in [0.29, 0.717) is 0 Å². The number of carbonyl (C=O) groups excluding carboxylic acids is 1. The molecular formula is C22H30N2O3+2. The van der Waals surface area contributed by atoms with E-state index < -0.39 is 0 Å². The van der Waals surface area contributed by atoms with Gasteiger partial charge in [-0.15, -0.1) is 0 Å². The SMILES string of the molecule is COc1ccc(C[NH+]2CC[NH+](Cc3cc(C(C)=O)ccc3OC)CC2)cc1. The van der Waals surface area contributed by atoms with Gasteiger partial charge in [-0.05, 0) is 49.4 Å². The van der Waals surface area contributed by atoms with Crippen LogP contribution in [0.5, 0.6) is 11.5 Å². The summed E-state index contributed by atoms with van der Waals surface area (Å²) in [7, 11) is 3.39. The smallest absolute Gasteiger partial charge is 0.159 e. The molecule has 2 N–H and O–H groups in total. The van der Waals surface area contributed by atoms with Crippen molar-refractivity contribution in [2.24, 2.45) is 0 Å². The first-order valence-electron chi connectivity index (χ1n) is 9.57. The van der Waals surface area contributed by atoms with Crippen molar-refractivity contribution in [2.45, 2.75) is 20.0 Å². The Morgan fingerprint density at radius 1 is 0.889 bits per heavy atom. The van der Waals surface area contributed by atoms with Crippen LogP contribution < -0.4 is 19.3 Å². The molecule has 3 rings (SSSR count).